The van der Waals surface area contributed by atoms with Crippen molar-refractivity contribution in [1.82, 2.24) is 34.8 Å². The maximum Gasteiger partial charge on any atom is 0.244 e. The van der Waals surface area contributed by atoms with E-state index in [1.165, 1.54) is 0 Å². The van der Waals surface area contributed by atoms with Gasteiger partial charge in [-0.05, 0) is 34.1 Å². The Morgan fingerprint density at radius 2 is 1.82 bits per heavy atom. The van der Waals surface area contributed by atoms with E-state index in [1.54, 1.807) is 24.3 Å². The van der Waals surface area contributed by atoms with Crippen LogP contribution < -0.4 is 9.80 Å². The van der Waals surface area contributed by atoms with Crippen LogP contribution in [0.1, 0.15) is 53.5 Å². The van der Waals surface area contributed by atoms with Crippen molar-refractivity contribution in [2.24, 2.45) is 0 Å². The predicted molar refractivity (Wildman–Crippen MR) is 148 cm³/mol. The smallest absolute Gasteiger partial charge is 0.244 e. The average Bonchev–Trinajstić information content (AvgIpc) is 3.45. The second-order valence-electron chi connectivity index (χ2n) is 11.9. The number of piperazine rings is 1. The van der Waals surface area contributed by atoms with Crippen LogP contribution in [0.4, 0.5) is 17.5 Å². The molecule has 0 radical (unpaired) electrons. The molecule has 13 heteroatoms. The first kappa shape index (κ1) is 25.9. The van der Waals surface area contributed by atoms with Crippen molar-refractivity contribution in [1.29, 1.82) is 0 Å². The molecule has 2 fully saturated rings. The first-order valence-corrected chi connectivity index (χ1v) is 15.2. The van der Waals surface area contributed by atoms with Crippen molar-refractivity contribution in [2.75, 3.05) is 35.2 Å². The topological polar surface area (TPSA) is 130 Å². The van der Waals surface area contributed by atoms with Crippen LogP contribution in [0.5, 0.6) is 0 Å². The lowest BCUT2D eigenvalue weighted by atomic mass is 9.87. The summed E-state index contributed by atoms with van der Waals surface area (Å²) in [5.41, 5.74) is 2.45. The zero-order valence-corrected chi connectivity index (χ0v) is 24.1. The van der Waals surface area contributed by atoms with E-state index in [0.717, 1.165) is 34.1 Å². The number of hydrogen-bond donors (Lipinski definition) is 0. The Kier molecular flexibility index (Phi) is 5.69. The number of sulfone groups is 1. The summed E-state index contributed by atoms with van der Waals surface area (Å²) in [6, 6.07) is 1.79. The quantitative estimate of drug-likeness (QED) is 0.473. The molecular formula is C26H35N9O3S. The zero-order chi connectivity index (χ0) is 27.9. The van der Waals surface area contributed by atoms with Gasteiger partial charge in [0.25, 0.3) is 0 Å². The standard InChI is InChI=1S/C26H35N9O3S/c1-7-35-19-10-20(27-11-18(19)30-31-35)34-14-25(4,5)21-22(28-15-29-23(21)34)32-12-17(3)33(13-16(32)2)24(36)26(6)8-9-39(26,37)38/h10-11,15-17H,7-9,12-14H2,1-6H3/t16-,17+,26-/m0/s1. The van der Waals surface area contributed by atoms with Crippen molar-refractivity contribution >= 4 is 44.2 Å². The summed E-state index contributed by atoms with van der Waals surface area (Å²) in [6.07, 6.45) is 3.73. The first-order valence-electron chi connectivity index (χ1n) is 13.5. The fourth-order valence-corrected chi connectivity index (χ4v) is 7.73. The molecule has 6 rings (SSSR count). The predicted octanol–water partition coefficient (Wildman–Crippen LogP) is 2.07. The number of carbonyl (C=O) groups is 1. The molecule has 0 unspecified atom stereocenters. The maximum absolute atomic E-state index is 13.4. The van der Waals surface area contributed by atoms with Crippen LogP contribution >= 0.6 is 0 Å². The first-order chi connectivity index (χ1) is 18.4. The zero-order valence-electron chi connectivity index (χ0n) is 23.3. The van der Waals surface area contributed by atoms with Gasteiger partial charge in [0.1, 0.15) is 34.0 Å². The number of fused-ring (bicyclic) bond motifs is 2. The molecule has 3 aliphatic heterocycles. The van der Waals surface area contributed by atoms with E-state index >= 15 is 0 Å². The summed E-state index contributed by atoms with van der Waals surface area (Å²) in [4.78, 5) is 33.7. The van der Waals surface area contributed by atoms with Gasteiger partial charge in [-0.1, -0.05) is 19.1 Å². The van der Waals surface area contributed by atoms with E-state index in [2.05, 4.69) is 40.9 Å². The highest BCUT2D eigenvalue weighted by Crippen LogP contribution is 2.47. The minimum Gasteiger partial charge on any atom is -0.350 e. The Bertz CT molecular complexity index is 1590. The van der Waals surface area contributed by atoms with E-state index in [9.17, 15) is 13.2 Å². The maximum atomic E-state index is 13.4. The molecule has 0 aliphatic carbocycles. The molecular weight excluding hydrogens is 518 g/mol. The van der Waals surface area contributed by atoms with Gasteiger partial charge in [-0.3, -0.25) is 4.79 Å². The number of rotatable bonds is 4. The summed E-state index contributed by atoms with van der Waals surface area (Å²) in [5, 5.41) is 8.42. The van der Waals surface area contributed by atoms with Gasteiger partial charge in [0.15, 0.2) is 9.84 Å². The van der Waals surface area contributed by atoms with Gasteiger partial charge in [0.05, 0.1) is 17.5 Å². The molecule has 0 bridgehead atoms. The van der Waals surface area contributed by atoms with Crippen molar-refractivity contribution in [2.45, 2.75) is 76.8 Å². The van der Waals surface area contributed by atoms with Crippen LogP contribution in [-0.4, -0.2) is 91.4 Å². The number of aryl methyl sites for hydroxylation is 1. The lowest BCUT2D eigenvalue weighted by Crippen LogP contribution is -2.66. The highest BCUT2D eigenvalue weighted by atomic mass is 32.2. The van der Waals surface area contributed by atoms with Crippen molar-refractivity contribution in [3.63, 3.8) is 0 Å². The van der Waals surface area contributed by atoms with Crippen LogP contribution in [0.3, 0.4) is 0 Å². The van der Waals surface area contributed by atoms with Gasteiger partial charge in [-0.25, -0.2) is 28.1 Å². The molecule has 3 atom stereocenters. The number of amides is 1. The lowest BCUT2D eigenvalue weighted by molar-refractivity contribution is -0.137. The third-order valence-corrected chi connectivity index (χ3v) is 11.3. The molecule has 1 amide bonds. The molecule has 3 aromatic rings. The molecule has 208 valence electrons. The fraction of sp³-hybridized carbons (Fsp3) is 0.615. The van der Waals surface area contributed by atoms with Crippen LogP contribution in [0, 0.1) is 0 Å². The van der Waals surface area contributed by atoms with Crippen LogP contribution in [0.2, 0.25) is 0 Å². The monoisotopic (exact) mass is 553 g/mol. The molecule has 39 heavy (non-hydrogen) atoms. The highest BCUT2D eigenvalue weighted by Gasteiger charge is 2.57. The lowest BCUT2D eigenvalue weighted by Gasteiger charge is -2.49. The van der Waals surface area contributed by atoms with Crippen molar-refractivity contribution in [3.05, 3.63) is 24.2 Å². The Morgan fingerprint density at radius 3 is 2.49 bits per heavy atom. The Morgan fingerprint density at radius 1 is 1.08 bits per heavy atom. The molecule has 0 aromatic carbocycles. The normalized spacial score (nSPS) is 27.5. The summed E-state index contributed by atoms with van der Waals surface area (Å²) >= 11 is 0. The molecule has 0 N–H and O–H groups in total. The molecule has 12 nitrogen and oxygen atoms in total. The van der Waals surface area contributed by atoms with Crippen LogP contribution in [0.25, 0.3) is 11.0 Å². The summed E-state index contributed by atoms with van der Waals surface area (Å²) < 4.78 is 25.4. The molecule has 3 aliphatic rings. The Labute approximate surface area is 228 Å². The number of anilines is 3. The van der Waals surface area contributed by atoms with Gasteiger partial charge < -0.3 is 14.7 Å². The summed E-state index contributed by atoms with van der Waals surface area (Å²) in [5.74, 6) is 2.25. The second kappa shape index (κ2) is 8.57. The molecule has 6 heterocycles. The SMILES string of the molecule is CCn1nnc2cnc(N3CC(C)(C)c4c3ncnc4N3C[C@@H](C)N(C(=O)[C@]4(C)CCS4(=O)=O)C[C@@H]3C)cc21. The van der Waals surface area contributed by atoms with Crippen molar-refractivity contribution < 1.29 is 13.2 Å². The molecule has 0 saturated carbocycles. The van der Waals surface area contributed by atoms with Gasteiger partial charge >= 0.3 is 0 Å². The number of aromatic nitrogens is 6. The van der Waals surface area contributed by atoms with E-state index in [0.29, 0.717) is 32.6 Å². The minimum atomic E-state index is -3.39. The van der Waals surface area contributed by atoms with Crippen molar-refractivity contribution in [3.8, 4) is 0 Å². The average molecular weight is 554 g/mol. The van der Waals surface area contributed by atoms with Gasteiger partial charge in [-0.2, -0.15) is 0 Å². The Balaban J connectivity index is 1.33. The third-order valence-electron chi connectivity index (χ3n) is 8.76. The third kappa shape index (κ3) is 3.72. The summed E-state index contributed by atoms with van der Waals surface area (Å²) in [7, 11) is -3.39. The minimum absolute atomic E-state index is 0.0557. The number of hydrogen-bond acceptors (Lipinski definition) is 10. The second-order valence-corrected chi connectivity index (χ2v) is 14.4. The van der Waals surface area contributed by atoms with Gasteiger partial charge in [0.2, 0.25) is 5.91 Å². The molecule has 2 saturated heterocycles. The largest absolute Gasteiger partial charge is 0.350 e. The number of nitrogens with zero attached hydrogens (tertiary/aromatic N) is 9. The van der Waals surface area contributed by atoms with E-state index < -0.39 is 14.6 Å². The summed E-state index contributed by atoms with van der Waals surface area (Å²) in [6.45, 7) is 14.4. The van der Waals surface area contributed by atoms with E-state index in [1.807, 2.05) is 24.6 Å². The Hall–Kier alpha value is -3.35. The van der Waals surface area contributed by atoms with E-state index in [-0.39, 0.29) is 29.2 Å². The number of carbonyl (C=O) groups excluding carboxylic acids is 1. The molecule has 0 spiro atoms. The number of pyridine rings is 1. The fourth-order valence-electron chi connectivity index (χ4n) is 6.20. The van der Waals surface area contributed by atoms with E-state index in [4.69, 9.17) is 15.0 Å². The molecule has 3 aromatic heterocycles. The van der Waals surface area contributed by atoms with Crippen LogP contribution in [0.15, 0.2) is 18.6 Å². The highest BCUT2D eigenvalue weighted by molar-refractivity contribution is 7.95. The van der Waals surface area contributed by atoms with Gasteiger partial charge in [-0.15, -0.1) is 5.10 Å². The van der Waals surface area contributed by atoms with Gasteiger partial charge in [0, 0.05) is 55.3 Å². The van der Waals surface area contributed by atoms with Crippen LogP contribution in [-0.2, 0) is 26.6 Å².